The molecule has 3 atom stereocenters. The number of ether oxygens (including phenoxy) is 1. The normalized spacial score (nSPS) is 24.3. The van der Waals surface area contributed by atoms with Gasteiger partial charge in [-0.1, -0.05) is 18.2 Å². The summed E-state index contributed by atoms with van der Waals surface area (Å²) in [6.07, 6.45) is 2.92. The van der Waals surface area contributed by atoms with E-state index in [1.54, 1.807) is 4.90 Å². The molecule has 1 saturated heterocycles. The van der Waals surface area contributed by atoms with Gasteiger partial charge in [0.25, 0.3) is 0 Å². The summed E-state index contributed by atoms with van der Waals surface area (Å²) in [6.45, 7) is 6.66. The number of nitrogens with one attached hydrogen (secondary N) is 1. The summed E-state index contributed by atoms with van der Waals surface area (Å²) in [5.41, 5.74) is 2.58. The van der Waals surface area contributed by atoms with Gasteiger partial charge in [-0.3, -0.25) is 14.3 Å². The first kappa shape index (κ1) is 21.4. The van der Waals surface area contributed by atoms with Crippen molar-refractivity contribution in [2.45, 2.75) is 70.6 Å². The molecule has 2 aromatic rings. The summed E-state index contributed by atoms with van der Waals surface area (Å²) < 4.78 is 8.39. The summed E-state index contributed by atoms with van der Waals surface area (Å²) in [7, 11) is 1.84. The minimum atomic E-state index is -0.436. The average molecular weight is 425 g/mol. The molecule has 1 spiro atoms. The second kappa shape index (κ2) is 8.36. The first-order valence-corrected chi connectivity index (χ1v) is 11.1. The molecule has 1 aromatic carbocycles. The molecule has 1 fully saturated rings. The Bertz CT molecular complexity index is 985. The van der Waals surface area contributed by atoms with E-state index in [0.29, 0.717) is 32.2 Å². The van der Waals surface area contributed by atoms with Crippen LogP contribution in [0.15, 0.2) is 30.3 Å². The van der Waals surface area contributed by atoms with Crippen molar-refractivity contribution in [1.82, 2.24) is 20.0 Å². The molecule has 0 bridgehead atoms. The van der Waals surface area contributed by atoms with Crippen LogP contribution in [0.2, 0.25) is 0 Å². The van der Waals surface area contributed by atoms with E-state index in [0.717, 1.165) is 29.1 Å². The van der Waals surface area contributed by atoms with Crippen LogP contribution in [0.3, 0.4) is 0 Å². The van der Waals surface area contributed by atoms with Gasteiger partial charge >= 0.3 is 0 Å². The number of fused-ring (bicyclic) bond motifs is 1. The lowest BCUT2D eigenvalue weighted by Crippen LogP contribution is -2.46. The smallest absolute Gasteiger partial charge is 0.222 e. The number of nitrogens with zero attached hydrogens (tertiary/aromatic N) is 3. The maximum Gasteiger partial charge on any atom is 0.222 e. The number of hydrogen-bond acceptors (Lipinski definition) is 4. The highest BCUT2D eigenvalue weighted by Gasteiger charge is 2.43. The zero-order chi connectivity index (χ0) is 22.2. The van der Waals surface area contributed by atoms with Crippen molar-refractivity contribution < 1.29 is 14.3 Å². The van der Waals surface area contributed by atoms with E-state index in [1.165, 1.54) is 0 Å². The van der Waals surface area contributed by atoms with Gasteiger partial charge in [-0.15, -0.1) is 0 Å². The molecule has 0 unspecified atom stereocenters. The lowest BCUT2D eigenvalue weighted by atomic mass is 9.82. The maximum absolute atomic E-state index is 13.0. The van der Waals surface area contributed by atoms with Gasteiger partial charge in [0.2, 0.25) is 11.8 Å². The van der Waals surface area contributed by atoms with E-state index in [-0.39, 0.29) is 23.9 Å². The second-order valence-electron chi connectivity index (χ2n) is 9.14. The first-order chi connectivity index (χ1) is 14.8. The number of aromatic nitrogens is 2. The van der Waals surface area contributed by atoms with Crippen LogP contribution in [0.4, 0.5) is 0 Å². The molecular weight excluding hydrogens is 392 g/mol. The number of hydrogen-bond donors (Lipinski definition) is 1. The number of benzene rings is 1. The van der Waals surface area contributed by atoms with Crippen molar-refractivity contribution >= 4 is 11.8 Å². The summed E-state index contributed by atoms with van der Waals surface area (Å²) in [5, 5.41) is 7.78. The fourth-order valence-corrected chi connectivity index (χ4v) is 4.90. The summed E-state index contributed by atoms with van der Waals surface area (Å²) in [4.78, 5) is 27.0. The van der Waals surface area contributed by atoms with Crippen LogP contribution in [0.1, 0.15) is 68.1 Å². The van der Waals surface area contributed by atoms with E-state index in [9.17, 15) is 9.59 Å². The maximum atomic E-state index is 13.0. The summed E-state index contributed by atoms with van der Waals surface area (Å²) >= 11 is 0. The molecule has 0 saturated carbocycles. The Kier molecular flexibility index (Phi) is 5.77. The molecular formula is C24H32N4O3. The molecule has 31 heavy (non-hydrogen) atoms. The Morgan fingerprint density at radius 2 is 2.10 bits per heavy atom. The molecule has 1 N–H and O–H groups in total. The molecule has 0 aliphatic carbocycles. The van der Waals surface area contributed by atoms with E-state index in [2.05, 4.69) is 10.4 Å². The Hall–Kier alpha value is -2.83. The van der Waals surface area contributed by atoms with Crippen molar-refractivity contribution in [2.24, 2.45) is 0 Å². The van der Waals surface area contributed by atoms with Crippen LogP contribution in [0.5, 0.6) is 5.75 Å². The van der Waals surface area contributed by atoms with Crippen molar-refractivity contribution in [3.05, 3.63) is 47.3 Å². The predicted molar refractivity (Wildman–Crippen MR) is 118 cm³/mol. The van der Waals surface area contributed by atoms with Gasteiger partial charge < -0.3 is 15.0 Å². The highest BCUT2D eigenvalue weighted by molar-refractivity contribution is 5.77. The topological polar surface area (TPSA) is 76.5 Å². The fraction of sp³-hybridized carbons (Fsp3) is 0.542. The highest BCUT2D eigenvalue weighted by Crippen LogP contribution is 2.44. The van der Waals surface area contributed by atoms with E-state index in [1.807, 2.05) is 62.8 Å². The molecule has 2 aliphatic heterocycles. The molecule has 166 valence electrons. The number of rotatable bonds is 4. The van der Waals surface area contributed by atoms with Crippen LogP contribution in [0.25, 0.3) is 0 Å². The predicted octanol–water partition coefficient (Wildman–Crippen LogP) is 3.47. The van der Waals surface area contributed by atoms with E-state index < -0.39 is 5.60 Å². The molecule has 7 nitrogen and oxygen atoms in total. The first-order valence-electron chi connectivity index (χ1n) is 11.1. The van der Waals surface area contributed by atoms with Crippen LogP contribution >= 0.6 is 0 Å². The van der Waals surface area contributed by atoms with Crippen molar-refractivity contribution in [3.63, 3.8) is 0 Å². The Morgan fingerprint density at radius 1 is 1.32 bits per heavy atom. The molecule has 2 amide bonds. The quantitative estimate of drug-likeness (QED) is 0.815. The van der Waals surface area contributed by atoms with Gasteiger partial charge in [-0.2, -0.15) is 5.10 Å². The molecule has 0 radical (unpaired) electrons. The number of para-hydroxylation sites is 1. The molecule has 3 heterocycles. The minimum absolute atomic E-state index is 0.00118. The van der Waals surface area contributed by atoms with E-state index >= 15 is 0 Å². The van der Waals surface area contributed by atoms with Crippen LogP contribution in [-0.4, -0.2) is 45.7 Å². The Balaban J connectivity index is 1.52. The van der Waals surface area contributed by atoms with Crippen molar-refractivity contribution in [1.29, 1.82) is 0 Å². The second-order valence-corrected chi connectivity index (χ2v) is 9.14. The summed E-state index contributed by atoms with van der Waals surface area (Å²) in [6, 6.07) is 9.77. The van der Waals surface area contributed by atoms with Gasteiger partial charge in [0.15, 0.2) is 0 Å². The SMILES string of the molecule is Cc1cc(C)n([C@H](C)CC(=O)N[C@@H]2C[C@@]3(CCC(=O)N(C)CC3)Oc3ccccc32)n1. The van der Waals surface area contributed by atoms with Gasteiger partial charge in [0.1, 0.15) is 11.4 Å². The third kappa shape index (κ3) is 4.45. The van der Waals surface area contributed by atoms with Gasteiger partial charge in [-0.25, -0.2) is 0 Å². The third-order valence-electron chi connectivity index (χ3n) is 6.60. The fourth-order valence-electron chi connectivity index (χ4n) is 4.90. The molecule has 1 aromatic heterocycles. The van der Waals surface area contributed by atoms with Crippen molar-refractivity contribution in [2.75, 3.05) is 13.6 Å². The molecule has 7 heteroatoms. The van der Waals surface area contributed by atoms with Gasteiger partial charge in [0, 0.05) is 50.5 Å². The summed E-state index contributed by atoms with van der Waals surface area (Å²) in [5.74, 6) is 0.958. The number of carbonyl (C=O) groups is 2. The highest BCUT2D eigenvalue weighted by atomic mass is 16.5. The molecule has 4 rings (SSSR count). The number of aryl methyl sites for hydroxylation is 2. The third-order valence-corrected chi connectivity index (χ3v) is 6.60. The minimum Gasteiger partial charge on any atom is -0.487 e. The Morgan fingerprint density at radius 3 is 2.84 bits per heavy atom. The van der Waals surface area contributed by atoms with Crippen LogP contribution < -0.4 is 10.1 Å². The number of carbonyl (C=O) groups excluding carboxylic acids is 2. The van der Waals surface area contributed by atoms with Gasteiger partial charge in [0.05, 0.1) is 17.8 Å². The number of likely N-dealkylation sites (tertiary alicyclic amines) is 1. The molecule has 2 aliphatic rings. The van der Waals surface area contributed by atoms with Crippen LogP contribution in [0, 0.1) is 13.8 Å². The number of amides is 2. The van der Waals surface area contributed by atoms with Crippen molar-refractivity contribution in [3.8, 4) is 5.75 Å². The standard InChI is InChI=1S/C24H32N4O3/c1-16-13-17(2)28(26-16)18(3)14-22(29)25-20-15-24(10-9-23(30)27(4)12-11-24)31-21-8-6-5-7-19(20)21/h5-8,13,18,20H,9-12,14-15H2,1-4H3,(H,25,29)/t18-,20-,24+/m1/s1. The lowest BCUT2D eigenvalue weighted by Gasteiger charge is -2.42. The zero-order valence-corrected chi connectivity index (χ0v) is 18.9. The van der Waals surface area contributed by atoms with E-state index in [4.69, 9.17) is 4.74 Å². The Labute approximate surface area is 183 Å². The lowest BCUT2D eigenvalue weighted by molar-refractivity contribution is -0.129. The van der Waals surface area contributed by atoms with Crippen LogP contribution in [-0.2, 0) is 9.59 Å². The monoisotopic (exact) mass is 424 g/mol. The largest absolute Gasteiger partial charge is 0.487 e. The average Bonchev–Trinajstić information content (AvgIpc) is 3.01. The van der Waals surface area contributed by atoms with Gasteiger partial charge in [-0.05, 0) is 39.3 Å². The zero-order valence-electron chi connectivity index (χ0n) is 18.9.